The third-order valence-electron chi connectivity index (χ3n) is 4.61. The Balaban J connectivity index is 2.18. The van der Waals surface area contributed by atoms with Crippen LogP contribution in [0.2, 0.25) is 10.0 Å². The Morgan fingerprint density at radius 3 is 2.34 bits per heavy atom. The fourth-order valence-electron chi connectivity index (χ4n) is 3.26. The zero-order valence-electron chi connectivity index (χ0n) is 14.5. The van der Waals surface area contributed by atoms with Crippen molar-refractivity contribution in [2.45, 2.75) is 30.0 Å². The quantitative estimate of drug-likeness (QED) is 0.666. The lowest BCUT2D eigenvalue weighted by atomic mass is 9.79. The number of nitrogens with zero attached hydrogens (tertiary/aromatic N) is 1. The first-order valence-electron chi connectivity index (χ1n) is 8.16. The molecule has 1 N–H and O–H groups in total. The molecule has 2 aromatic carbocycles. The van der Waals surface area contributed by atoms with Crippen molar-refractivity contribution in [3.63, 3.8) is 0 Å². The lowest BCUT2D eigenvalue weighted by Gasteiger charge is -2.30. The van der Waals surface area contributed by atoms with E-state index in [0.29, 0.717) is 5.56 Å². The average molecular weight is 465 g/mol. The number of hydroxylamine groups is 1. The second-order valence-electron chi connectivity index (χ2n) is 6.49. The molecule has 0 radical (unpaired) electrons. The molecule has 1 aliphatic heterocycles. The Kier molecular flexibility index (Phi) is 6.13. The van der Waals surface area contributed by atoms with Gasteiger partial charge in [0.2, 0.25) is 0 Å². The molecule has 2 aromatic rings. The molecule has 11 heteroatoms. The van der Waals surface area contributed by atoms with Gasteiger partial charge in [0.05, 0.1) is 22.9 Å². The molecule has 0 saturated carbocycles. The maximum absolute atomic E-state index is 13.3. The number of alkyl halides is 3. The molecule has 2 atom stereocenters. The molecule has 1 aliphatic rings. The van der Waals surface area contributed by atoms with Crippen molar-refractivity contribution >= 4 is 33.9 Å². The largest absolute Gasteiger partial charge is 0.416 e. The molecular formula is C18H13Cl2F3N2O3S. The Morgan fingerprint density at radius 2 is 1.83 bits per heavy atom. The average Bonchev–Trinajstić information content (AvgIpc) is 3.08. The molecule has 0 amide bonds. The minimum Gasteiger partial charge on any atom is -0.288 e. The van der Waals surface area contributed by atoms with E-state index in [1.54, 1.807) is 0 Å². The third kappa shape index (κ3) is 4.52. The highest BCUT2D eigenvalue weighted by Crippen LogP contribution is 2.45. The Morgan fingerprint density at radius 1 is 1.17 bits per heavy atom. The van der Waals surface area contributed by atoms with Crippen molar-refractivity contribution < 1.29 is 26.4 Å². The summed E-state index contributed by atoms with van der Waals surface area (Å²) in [6.07, 6.45) is -7.27. The van der Waals surface area contributed by atoms with E-state index in [1.165, 1.54) is 36.4 Å². The van der Waals surface area contributed by atoms with Gasteiger partial charge in [-0.15, -0.1) is 0 Å². The summed E-state index contributed by atoms with van der Waals surface area (Å²) in [6, 6.07) is 10.4. The number of nitrogens with one attached hydrogen (secondary N) is 1. The Bertz CT molecular complexity index is 1040. The maximum atomic E-state index is 13.3. The van der Waals surface area contributed by atoms with Gasteiger partial charge in [-0.3, -0.25) is 4.84 Å². The van der Waals surface area contributed by atoms with E-state index in [1.807, 2.05) is 6.07 Å². The minimum atomic E-state index is -4.63. The monoisotopic (exact) mass is 464 g/mol. The smallest absolute Gasteiger partial charge is 0.288 e. The zero-order valence-corrected chi connectivity index (χ0v) is 16.9. The molecule has 1 fully saturated rings. The van der Waals surface area contributed by atoms with Gasteiger partial charge in [-0.1, -0.05) is 35.3 Å². The minimum absolute atomic E-state index is 0.0338. The molecule has 3 rings (SSSR count). The van der Waals surface area contributed by atoms with E-state index in [4.69, 9.17) is 28.0 Å². The van der Waals surface area contributed by atoms with Crippen LogP contribution in [0, 0.1) is 11.3 Å². The summed E-state index contributed by atoms with van der Waals surface area (Å²) in [7, 11) is -2.78. The van der Waals surface area contributed by atoms with Crippen molar-refractivity contribution in [1.29, 1.82) is 5.26 Å². The first-order valence-corrected chi connectivity index (χ1v) is 10.3. The molecule has 1 heterocycles. The fourth-order valence-corrected chi connectivity index (χ4v) is 4.34. The highest BCUT2D eigenvalue weighted by Gasteiger charge is 2.53. The molecule has 0 bridgehead atoms. The second-order valence-corrected chi connectivity index (χ2v) is 8.35. The number of thiol groups is 1. The van der Waals surface area contributed by atoms with Crippen molar-refractivity contribution in [3.05, 3.63) is 68.7 Å². The van der Waals surface area contributed by atoms with E-state index in [9.17, 15) is 26.9 Å². The number of rotatable bonds is 4. The van der Waals surface area contributed by atoms with Crippen LogP contribution in [0.4, 0.5) is 13.2 Å². The van der Waals surface area contributed by atoms with Gasteiger partial charge in [0, 0.05) is 16.5 Å². The molecule has 2 unspecified atom stereocenters. The van der Waals surface area contributed by atoms with Crippen LogP contribution in [-0.2, 0) is 26.8 Å². The highest BCUT2D eigenvalue weighted by molar-refractivity contribution is 7.71. The SMILES string of the molecule is N#Cc1cc(C2(c3cc(Cl)cc(Cl)c3)CC(C(F)(F)F)ON2)ccc1C[SH](=O)=O. The van der Waals surface area contributed by atoms with Gasteiger partial charge in [0.15, 0.2) is 6.10 Å². The molecule has 5 nitrogen and oxygen atoms in total. The summed E-state index contributed by atoms with van der Waals surface area (Å²) >= 11 is 12.1. The van der Waals surface area contributed by atoms with Crippen LogP contribution in [0.5, 0.6) is 0 Å². The molecule has 1 saturated heterocycles. The number of benzene rings is 2. The first-order chi connectivity index (χ1) is 13.5. The normalized spacial score (nSPS) is 22.0. The maximum Gasteiger partial charge on any atom is 0.416 e. The third-order valence-corrected chi connectivity index (χ3v) is 5.65. The summed E-state index contributed by atoms with van der Waals surface area (Å²) in [4.78, 5) is 4.85. The predicted octanol–water partition coefficient (Wildman–Crippen LogP) is 4.08. The molecule has 0 spiro atoms. The number of halogens is 5. The highest BCUT2D eigenvalue weighted by atomic mass is 35.5. The van der Waals surface area contributed by atoms with Gasteiger partial charge < -0.3 is 0 Å². The van der Waals surface area contributed by atoms with Gasteiger partial charge >= 0.3 is 6.18 Å². The van der Waals surface area contributed by atoms with E-state index in [-0.39, 0.29) is 32.5 Å². The van der Waals surface area contributed by atoms with Gasteiger partial charge in [-0.05, 0) is 41.0 Å². The first kappa shape index (κ1) is 21.9. The van der Waals surface area contributed by atoms with E-state index in [2.05, 4.69) is 5.48 Å². The van der Waals surface area contributed by atoms with Gasteiger partial charge in [0.25, 0.3) is 0 Å². The Hall–Kier alpha value is -1.83. The van der Waals surface area contributed by atoms with Crippen LogP contribution in [0.1, 0.15) is 28.7 Å². The number of hydrogen-bond acceptors (Lipinski definition) is 5. The summed E-state index contributed by atoms with van der Waals surface area (Å²) < 4.78 is 62.0. The second kappa shape index (κ2) is 8.13. The molecule has 0 aliphatic carbocycles. The standard InChI is InChI=1S/C18H13Cl2F3N2O3S/c19-14-4-13(5-15(20)6-14)17(7-16(28-25-17)18(21,22)23)12-2-1-10(9-29(26)27)11(3-12)8-24/h1-6,16,25,29H,7,9H2. The van der Waals surface area contributed by atoms with Crippen molar-refractivity contribution in [2.24, 2.45) is 0 Å². The summed E-state index contributed by atoms with van der Waals surface area (Å²) in [5.41, 5.74) is 1.83. The molecule has 154 valence electrons. The summed E-state index contributed by atoms with van der Waals surface area (Å²) in [5, 5.41) is 9.83. The van der Waals surface area contributed by atoms with Crippen LogP contribution in [-0.4, -0.2) is 20.7 Å². The zero-order chi connectivity index (χ0) is 21.4. The van der Waals surface area contributed by atoms with Gasteiger partial charge in [0.1, 0.15) is 10.7 Å². The van der Waals surface area contributed by atoms with Crippen molar-refractivity contribution in [3.8, 4) is 6.07 Å². The lowest BCUT2D eigenvalue weighted by Crippen LogP contribution is -2.37. The summed E-state index contributed by atoms with van der Waals surface area (Å²) in [6.45, 7) is 0. The van der Waals surface area contributed by atoms with Crippen LogP contribution < -0.4 is 5.48 Å². The predicted molar refractivity (Wildman–Crippen MR) is 101 cm³/mol. The van der Waals surface area contributed by atoms with Crippen LogP contribution in [0.3, 0.4) is 0 Å². The number of nitriles is 1. The van der Waals surface area contributed by atoms with Gasteiger partial charge in [-0.25, -0.2) is 8.42 Å². The van der Waals surface area contributed by atoms with E-state index in [0.717, 1.165) is 0 Å². The van der Waals surface area contributed by atoms with E-state index >= 15 is 0 Å². The van der Waals surface area contributed by atoms with E-state index < -0.39 is 34.9 Å². The fraction of sp³-hybridized carbons (Fsp3) is 0.278. The van der Waals surface area contributed by atoms with Gasteiger partial charge in [-0.2, -0.15) is 23.9 Å². The van der Waals surface area contributed by atoms with Crippen LogP contribution >= 0.6 is 23.2 Å². The van der Waals surface area contributed by atoms with Crippen LogP contribution in [0.15, 0.2) is 36.4 Å². The molecular weight excluding hydrogens is 452 g/mol. The number of hydrogen-bond donors (Lipinski definition) is 2. The van der Waals surface area contributed by atoms with Crippen LogP contribution in [0.25, 0.3) is 0 Å². The van der Waals surface area contributed by atoms with Crippen molar-refractivity contribution in [1.82, 2.24) is 5.48 Å². The molecule has 29 heavy (non-hydrogen) atoms. The lowest BCUT2D eigenvalue weighted by molar-refractivity contribution is -0.218. The summed E-state index contributed by atoms with van der Waals surface area (Å²) in [5.74, 6) is -0.358. The Labute approximate surface area is 175 Å². The van der Waals surface area contributed by atoms with Crippen molar-refractivity contribution in [2.75, 3.05) is 0 Å². The topological polar surface area (TPSA) is 79.2 Å². The molecule has 0 aromatic heterocycles.